The number of rotatable bonds is 1. The van der Waals surface area contributed by atoms with E-state index in [0.29, 0.717) is 11.0 Å². The van der Waals surface area contributed by atoms with Gasteiger partial charge in [-0.2, -0.15) is 0 Å². The van der Waals surface area contributed by atoms with Crippen molar-refractivity contribution in [2.75, 3.05) is 5.73 Å². The van der Waals surface area contributed by atoms with Gasteiger partial charge < -0.3 is 5.73 Å². The summed E-state index contributed by atoms with van der Waals surface area (Å²) in [7, 11) is 0. The fraction of sp³-hybridized carbons (Fsp3) is 0. The quantitative estimate of drug-likeness (QED) is 0.662. The second-order valence-corrected chi connectivity index (χ2v) is 5.43. The zero-order chi connectivity index (χ0) is 12.7. The molecule has 2 N–H and O–H groups in total. The van der Waals surface area contributed by atoms with Crippen molar-refractivity contribution in [1.29, 1.82) is 0 Å². The minimum Gasteiger partial charge on any atom is -0.369 e. The van der Waals surface area contributed by atoms with Crippen molar-refractivity contribution in [2.45, 2.75) is 0 Å². The number of halogens is 2. The maximum absolute atomic E-state index is 6.14. The Morgan fingerprint density at radius 2 is 1.89 bits per heavy atom. The van der Waals surface area contributed by atoms with E-state index in [1.165, 1.54) is 0 Å². The van der Waals surface area contributed by atoms with Gasteiger partial charge in [-0.25, -0.2) is 4.98 Å². The average Bonchev–Trinajstić information content (AvgIpc) is 2.68. The first-order chi connectivity index (χ1) is 8.68. The molecule has 0 atom stereocenters. The maximum atomic E-state index is 6.14. The molecule has 18 heavy (non-hydrogen) atoms. The first-order valence-corrected chi connectivity index (χ1v) is 6.81. The fourth-order valence-corrected chi connectivity index (χ4v) is 2.81. The Labute approximate surface area is 123 Å². The molecule has 3 rings (SSSR count). The minimum atomic E-state index is 0.446. The third-order valence-corrected chi connectivity index (χ3v) is 3.97. The molecule has 0 aliphatic rings. The Hall–Kier alpha value is -1.27. The largest absolute Gasteiger partial charge is 0.369 e. The maximum Gasteiger partial charge on any atom is 0.206 e. The smallest absolute Gasteiger partial charge is 0.206 e. The predicted octanol–water partition coefficient (Wildman–Crippen LogP) is 3.87. The van der Waals surface area contributed by atoms with E-state index in [9.17, 15) is 0 Å². The summed E-state index contributed by atoms with van der Waals surface area (Å²) in [6, 6.07) is 13.7. The molecule has 1 heterocycles. The highest BCUT2D eigenvalue weighted by Gasteiger charge is 2.13. The zero-order valence-corrected chi connectivity index (χ0v) is 12.2. The van der Waals surface area contributed by atoms with E-state index in [0.717, 1.165) is 20.3 Å². The van der Waals surface area contributed by atoms with Gasteiger partial charge in [-0.3, -0.25) is 4.57 Å². The van der Waals surface area contributed by atoms with Crippen molar-refractivity contribution in [3.05, 3.63) is 51.1 Å². The Morgan fingerprint density at radius 3 is 2.67 bits per heavy atom. The summed E-state index contributed by atoms with van der Waals surface area (Å²) in [6.07, 6.45) is 0. The number of nitrogen functional groups attached to an aromatic ring is 1. The topological polar surface area (TPSA) is 43.8 Å². The van der Waals surface area contributed by atoms with Crippen LogP contribution >= 0.6 is 34.2 Å². The van der Waals surface area contributed by atoms with Crippen molar-refractivity contribution in [2.24, 2.45) is 0 Å². The van der Waals surface area contributed by atoms with Gasteiger partial charge >= 0.3 is 0 Å². The van der Waals surface area contributed by atoms with Crippen molar-refractivity contribution in [1.82, 2.24) is 9.55 Å². The molecule has 0 saturated heterocycles. The van der Waals surface area contributed by atoms with Gasteiger partial charge in [0.1, 0.15) is 5.52 Å². The summed E-state index contributed by atoms with van der Waals surface area (Å²) >= 11 is 8.42. The number of nitrogens with two attached hydrogens (primary N) is 1. The number of nitrogens with zero attached hydrogens (tertiary/aromatic N) is 2. The minimum absolute atomic E-state index is 0.446. The lowest BCUT2D eigenvalue weighted by Crippen LogP contribution is -2.02. The standard InChI is InChI=1S/C13H9ClIN3/c14-8-4-3-7-11-12(8)17-13(16)18(11)10-6-2-1-5-9(10)15/h1-7H,(H2,16,17). The zero-order valence-electron chi connectivity index (χ0n) is 9.27. The van der Waals surface area contributed by atoms with E-state index in [-0.39, 0.29) is 0 Å². The number of hydrogen-bond donors (Lipinski definition) is 1. The summed E-state index contributed by atoms with van der Waals surface area (Å²) in [4.78, 5) is 4.34. The molecular weight excluding hydrogens is 361 g/mol. The average molecular weight is 370 g/mol. The van der Waals surface area contributed by atoms with E-state index < -0.39 is 0 Å². The number of fused-ring (bicyclic) bond motifs is 1. The first kappa shape index (κ1) is 11.8. The van der Waals surface area contributed by atoms with Gasteiger partial charge in [-0.1, -0.05) is 29.8 Å². The Bertz CT molecular complexity index is 736. The fourth-order valence-electron chi connectivity index (χ4n) is 1.97. The number of para-hydroxylation sites is 2. The van der Waals surface area contributed by atoms with Gasteiger partial charge in [-0.15, -0.1) is 0 Å². The van der Waals surface area contributed by atoms with Crippen LogP contribution in [-0.2, 0) is 0 Å². The molecule has 0 amide bonds. The first-order valence-electron chi connectivity index (χ1n) is 5.36. The van der Waals surface area contributed by atoms with Crippen molar-refractivity contribution < 1.29 is 0 Å². The van der Waals surface area contributed by atoms with E-state index in [2.05, 4.69) is 27.6 Å². The van der Waals surface area contributed by atoms with Gasteiger partial charge in [0.25, 0.3) is 0 Å². The second kappa shape index (κ2) is 4.44. The van der Waals surface area contributed by atoms with E-state index in [1.54, 1.807) is 0 Å². The molecule has 0 saturated carbocycles. The second-order valence-electron chi connectivity index (χ2n) is 3.86. The lowest BCUT2D eigenvalue weighted by atomic mass is 10.3. The number of anilines is 1. The molecule has 0 aliphatic carbocycles. The van der Waals surface area contributed by atoms with Gasteiger partial charge in [-0.05, 0) is 46.9 Å². The Kier molecular flexibility index (Phi) is 2.91. The van der Waals surface area contributed by atoms with Crippen LogP contribution in [0.5, 0.6) is 0 Å². The van der Waals surface area contributed by atoms with Crippen LogP contribution < -0.4 is 5.73 Å². The van der Waals surface area contributed by atoms with Crippen molar-refractivity contribution in [3.63, 3.8) is 0 Å². The number of hydrogen-bond acceptors (Lipinski definition) is 2. The molecule has 5 heteroatoms. The van der Waals surface area contributed by atoms with Gasteiger partial charge in [0, 0.05) is 3.57 Å². The monoisotopic (exact) mass is 369 g/mol. The molecule has 0 spiro atoms. The highest BCUT2D eigenvalue weighted by Crippen LogP contribution is 2.29. The molecule has 0 bridgehead atoms. The predicted molar refractivity (Wildman–Crippen MR) is 83.2 cm³/mol. The third kappa shape index (κ3) is 1.76. The van der Waals surface area contributed by atoms with Crippen LogP contribution in [0.15, 0.2) is 42.5 Å². The van der Waals surface area contributed by atoms with E-state index in [4.69, 9.17) is 17.3 Å². The normalized spacial score (nSPS) is 11.0. The van der Waals surface area contributed by atoms with Gasteiger partial charge in [0.2, 0.25) is 5.95 Å². The molecule has 0 radical (unpaired) electrons. The van der Waals surface area contributed by atoms with Crippen LogP contribution in [0.1, 0.15) is 0 Å². The van der Waals surface area contributed by atoms with E-state index in [1.807, 2.05) is 47.0 Å². The van der Waals surface area contributed by atoms with Crippen LogP contribution in [0.2, 0.25) is 5.02 Å². The molecule has 3 nitrogen and oxygen atoms in total. The van der Waals surface area contributed by atoms with Crippen LogP contribution in [0.4, 0.5) is 5.95 Å². The van der Waals surface area contributed by atoms with Crippen LogP contribution in [0, 0.1) is 3.57 Å². The highest BCUT2D eigenvalue weighted by atomic mass is 127. The van der Waals surface area contributed by atoms with Crippen LogP contribution in [0.3, 0.4) is 0 Å². The Balaban J connectivity index is 2.40. The van der Waals surface area contributed by atoms with E-state index >= 15 is 0 Å². The lowest BCUT2D eigenvalue weighted by Gasteiger charge is -2.08. The molecule has 1 aromatic heterocycles. The molecule has 0 fully saturated rings. The van der Waals surface area contributed by atoms with Crippen LogP contribution in [0.25, 0.3) is 16.7 Å². The lowest BCUT2D eigenvalue weighted by molar-refractivity contribution is 1.10. The van der Waals surface area contributed by atoms with Crippen LogP contribution in [-0.4, -0.2) is 9.55 Å². The summed E-state index contributed by atoms with van der Waals surface area (Å²) in [5.41, 5.74) is 8.68. The van der Waals surface area contributed by atoms with Gasteiger partial charge in [0.15, 0.2) is 0 Å². The molecule has 0 unspecified atom stereocenters. The molecular formula is C13H9ClIN3. The molecule has 3 aromatic rings. The highest BCUT2D eigenvalue weighted by molar-refractivity contribution is 14.1. The molecule has 2 aromatic carbocycles. The molecule has 0 aliphatic heterocycles. The van der Waals surface area contributed by atoms with Gasteiger partial charge in [0.05, 0.1) is 16.2 Å². The van der Waals surface area contributed by atoms with Crippen molar-refractivity contribution in [3.8, 4) is 5.69 Å². The number of imidazole rings is 1. The number of benzene rings is 2. The number of aromatic nitrogens is 2. The summed E-state index contributed by atoms with van der Waals surface area (Å²) < 4.78 is 3.03. The SMILES string of the molecule is Nc1nc2c(Cl)cccc2n1-c1ccccc1I. The third-order valence-electron chi connectivity index (χ3n) is 2.76. The molecule has 90 valence electrons. The summed E-state index contributed by atoms with van der Waals surface area (Å²) in [5, 5.41) is 0.615. The van der Waals surface area contributed by atoms with Crippen molar-refractivity contribution >= 4 is 51.2 Å². The summed E-state index contributed by atoms with van der Waals surface area (Å²) in [5.74, 6) is 0.446. The summed E-state index contributed by atoms with van der Waals surface area (Å²) in [6.45, 7) is 0. The Morgan fingerprint density at radius 1 is 1.11 bits per heavy atom.